The van der Waals surface area contributed by atoms with Crippen molar-refractivity contribution < 1.29 is 4.74 Å². The van der Waals surface area contributed by atoms with Crippen LogP contribution in [0.2, 0.25) is 0 Å². The fourth-order valence-corrected chi connectivity index (χ4v) is 3.89. The van der Waals surface area contributed by atoms with Crippen LogP contribution in [0.3, 0.4) is 0 Å². The van der Waals surface area contributed by atoms with Gasteiger partial charge < -0.3 is 10.1 Å². The molecule has 3 unspecified atom stereocenters. The van der Waals surface area contributed by atoms with Crippen LogP contribution in [0.4, 0.5) is 0 Å². The molecule has 0 radical (unpaired) electrons. The van der Waals surface area contributed by atoms with Crippen LogP contribution in [0.1, 0.15) is 40.0 Å². The van der Waals surface area contributed by atoms with Crippen LogP contribution in [-0.4, -0.2) is 74.4 Å². The summed E-state index contributed by atoms with van der Waals surface area (Å²) in [6.07, 6.45) is 4.17. The summed E-state index contributed by atoms with van der Waals surface area (Å²) in [5.74, 6) is 0.709. The van der Waals surface area contributed by atoms with Gasteiger partial charge >= 0.3 is 0 Å². The first kappa shape index (κ1) is 17.2. The number of rotatable bonds is 7. The normalized spacial score (nSPS) is 29.6. The van der Waals surface area contributed by atoms with E-state index in [4.69, 9.17) is 4.74 Å². The topological polar surface area (TPSA) is 27.7 Å². The Morgan fingerprint density at radius 1 is 1.19 bits per heavy atom. The third-order valence-corrected chi connectivity index (χ3v) is 5.00. The quantitative estimate of drug-likeness (QED) is 0.775. The second-order valence-electron chi connectivity index (χ2n) is 7.35. The van der Waals surface area contributed by atoms with E-state index in [9.17, 15) is 0 Å². The summed E-state index contributed by atoms with van der Waals surface area (Å²) in [6, 6.07) is 1.92. The van der Waals surface area contributed by atoms with Gasteiger partial charge in [-0.1, -0.05) is 20.3 Å². The minimum absolute atomic E-state index is 0.507. The summed E-state index contributed by atoms with van der Waals surface area (Å²) in [5.41, 5.74) is 0. The third kappa shape index (κ3) is 4.92. The number of hydrogen-bond acceptors (Lipinski definition) is 4. The van der Waals surface area contributed by atoms with Crippen LogP contribution >= 0.6 is 0 Å². The van der Waals surface area contributed by atoms with Crippen molar-refractivity contribution in [2.75, 3.05) is 46.4 Å². The molecule has 2 saturated heterocycles. The molecule has 124 valence electrons. The molecule has 0 aromatic carbocycles. The summed E-state index contributed by atoms with van der Waals surface area (Å²) in [5, 5.41) is 3.62. The molecule has 21 heavy (non-hydrogen) atoms. The first-order valence-electron chi connectivity index (χ1n) is 8.81. The Balaban J connectivity index is 1.91. The zero-order chi connectivity index (χ0) is 15.2. The van der Waals surface area contributed by atoms with Gasteiger partial charge in [0.2, 0.25) is 0 Å². The van der Waals surface area contributed by atoms with Gasteiger partial charge in [0.05, 0.1) is 6.61 Å². The summed E-state index contributed by atoms with van der Waals surface area (Å²) in [7, 11) is 1.83. The molecule has 2 aliphatic heterocycles. The molecule has 2 aliphatic rings. The molecular formula is C17H35N3O. The van der Waals surface area contributed by atoms with E-state index in [1.54, 1.807) is 0 Å². The maximum atomic E-state index is 5.50. The average molecular weight is 297 g/mol. The Bertz CT molecular complexity index is 298. The first-order chi connectivity index (χ1) is 10.1. The molecule has 2 fully saturated rings. The Hall–Kier alpha value is -0.160. The fraction of sp³-hybridized carbons (Fsp3) is 1.00. The number of piperazine rings is 1. The molecule has 0 aromatic rings. The maximum absolute atomic E-state index is 5.50. The van der Waals surface area contributed by atoms with Crippen LogP contribution in [0.25, 0.3) is 0 Å². The predicted molar refractivity (Wildman–Crippen MR) is 88.8 cm³/mol. The number of methoxy groups -OCH3 is 1. The number of hydrogen-bond donors (Lipinski definition) is 1. The van der Waals surface area contributed by atoms with Gasteiger partial charge in [-0.3, -0.25) is 9.80 Å². The molecule has 0 saturated carbocycles. The number of fused-ring (bicyclic) bond motifs is 1. The lowest BCUT2D eigenvalue weighted by Gasteiger charge is -2.50. The largest absolute Gasteiger partial charge is 0.383 e. The highest BCUT2D eigenvalue weighted by Gasteiger charge is 2.35. The van der Waals surface area contributed by atoms with Gasteiger partial charge in [0, 0.05) is 44.9 Å². The van der Waals surface area contributed by atoms with Crippen molar-refractivity contribution in [3.63, 3.8) is 0 Å². The van der Waals surface area contributed by atoms with Gasteiger partial charge in [-0.15, -0.1) is 0 Å². The van der Waals surface area contributed by atoms with Crippen molar-refractivity contribution in [1.82, 2.24) is 15.1 Å². The van der Waals surface area contributed by atoms with Gasteiger partial charge in [-0.25, -0.2) is 0 Å². The third-order valence-electron chi connectivity index (χ3n) is 5.00. The molecular weight excluding hydrogens is 262 g/mol. The van der Waals surface area contributed by atoms with Gasteiger partial charge in [0.25, 0.3) is 0 Å². The zero-order valence-electron chi connectivity index (χ0n) is 14.5. The van der Waals surface area contributed by atoms with E-state index >= 15 is 0 Å². The number of nitrogens with one attached hydrogen (secondary N) is 1. The van der Waals surface area contributed by atoms with Crippen LogP contribution in [0, 0.1) is 5.92 Å². The van der Waals surface area contributed by atoms with E-state index in [2.05, 4.69) is 35.9 Å². The summed E-state index contributed by atoms with van der Waals surface area (Å²) >= 11 is 0. The van der Waals surface area contributed by atoms with Crippen LogP contribution in [0.15, 0.2) is 0 Å². The van der Waals surface area contributed by atoms with Gasteiger partial charge in [0.15, 0.2) is 0 Å². The van der Waals surface area contributed by atoms with Crippen molar-refractivity contribution in [2.24, 2.45) is 5.92 Å². The minimum atomic E-state index is 0.507. The van der Waals surface area contributed by atoms with Gasteiger partial charge in [-0.05, 0) is 38.8 Å². The first-order valence-corrected chi connectivity index (χ1v) is 8.81. The van der Waals surface area contributed by atoms with E-state index in [1.807, 2.05) is 7.11 Å². The van der Waals surface area contributed by atoms with E-state index in [1.165, 1.54) is 38.9 Å². The second kappa shape index (κ2) is 8.47. The van der Waals surface area contributed by atoms with Crippen LogP contribution in [0.5, 0.6) is 0 Å². The highest BCUT2D eigenvalue weighted by molar-refractivity contribution is 4.92. The fourth-order valence-electron chi connectivity index (χ4n) is 3.89. The zero-order valence-corrected chi connectivity index (χ0v) is 14.5. The Morgan fingerprint density at radius 3 is 2.71 bits per heavy atom. The maximum Gasteiger partial charge on any atom is 0.0630 e. The lowest BCUT2D eigenvalue weighted by Crippen LogP contribution is -2.63. The molecule has 4 nitrogen and oxygen atoms in total. The van der Waals surface area contributed by atoms with E-state index < -0.39 is 0 Å². The van der Waals surface area contributed by atoms with E-state index in [0.717, 1.165) is 25.7 Å². The number of ether oxygens (including phenoxy) is 1. The Morgan fingerprint density at radius 2 is 2.00 bits per heavy atom. The van der Waals surface area contributed by atoms with Crippen LogP contribution < -0.4 is 5.32 Å². The lowest BCUT2D eigenvalue weighted by molar-refractivity contribution is -0.0256. The summed E-state index contributed by atoms with van der Waals surface area (Å²) in [4.78, 5) is 5.42. The molecule has 4 heteroatoms. The van der Waals surface area contributed by atoms with Crippen molar-refractivity contribution in [3.05, 3.63) is 0 Å². The van der Waals surface area contributed by atoms with E-state index in [0.29, 0.717) is 18.0 Å². The molecule has 0 bridgehead atoms. The SMILES string of the molecule is COCC(CNCC(C)C)N1CC2CCCCN2CC1C. The molecule has 2 rings (SSSR count). The summed E-state index contributed by atoms with van der Waals surface area (Å²) < 4.78 is 5.50. The number of piperidine rings is 1. The molecule has 0 aromatic heterocycles. The molecule has 0 aliphatic carbocycles. The highest BCUT2D eigenvalue weighted by Crippen LogP contribution is 2.25. The highest BCUT2D eigenvalue weighted by atomic mass is 16.5. The minimum Gasteiger partial charge on any atom is -0.383 e. The Kier molecular flexibility index (Phi) is 6.93. The van der Waals surface area contributed by atoms with Crippen molar-refractivity contribution in [3.8, 4) is 0 Å². The molecule has 3 atom stereocenters. The van der Waals surface area contributed by atoms with Crippen molar-refractivity contribution in [1.29, 1.82) is 0 Å². The smallest absolute Gasteiger partial charge is 0.0630 e. The van der Waals surface area contributed by atoms with Gasteiger partial charge in [-0.2, -0.15) is 0 Å². The second-order valence-corrected chi connectivity index (χ2v) is 7.35. The van der Waals surface area contributed by atoms with Gasteiger partial charge in [0.1, 0.15) is 0 Å². The standard InChI is InChI=1S/C17H35N3O/c1-14(2)9-18-10-17(13-21-4)20-12-16-7-5-6-8-19(16)11-15(20)3/h14-18H,5-13H2,1-4H3. The summed E-state index contributed by atoms with van der Waals surface area (Å²) in [6.45, 7) is 13.7. The average Bonchev–Trinajstić information content (AvgIpc) is 2.45. The molecule has 1 N–H and O–H groups in total. The van der Waals surface area contributed by atoms with Crippen molar-refractivity contribution in [2.45, 2.75) is 58.2 Å². The molecule has 0 spiro atoms. The van der Waals surface area contributed by atoms with Crippen LogP contribution in [-0.2, 0) is 4.74 Å². The van der Waals surface area contributed by atoms with Crippen molar-refractivity contribution >= 4 is 0 Å². The number of nitrogens with zero attached hydrogens (tertiary/aromatic N) is 2. The Labute approximate surface area is 131 Å². The predicted octanol–water partition coefficient (Wildman–Crippen LogP) is 1.81. The molecule has 0 amide bonds. The lowest BCUT2D eigenvalue weighted by atomic mass is 9.96. The molecule has 2 heterocycles. The monoisotopic (exact) mass is 297 g/mol. The van der Waals surface area contributed by atoms with E-state index in [-0.39, 0.29) is 0 Å².